The van der Waals surface area contributed by atoms with Crippen molar-refractivity contribution in [2.75, 3.05) is 5.32 Å². The number of aromatic nitrogens is 4. The Hall–Kier alpha value is -2.16. The minimum atomic E-state index is -4.53. The molecule has 0 fully saturated rings. The first-order valence-electron chi connectivity index (χ1n) is 6.19. The second kappa shape index (κ2) is 5.56. The molecule has 0 bridgehead atoms. The minimum absolute atomic E-state index is 0.100. The number of nitrogens with zero attached hydrogens (tertiary/aromatic N) is 4. The van der Waals surface area contributed by atoms with Crippen LogP contribution in [0.5, 0.6) is 0 Å². The summed E-state index contributed by atoms with van der Waals surface area (Å²) in [5.41, 5.74) is -0.0364. The Balaban J connectivity index is 2.00. The second-order valence-corrected chi connectivity index (χ2v) is 5.32. The molecule has 0 saturated carbocycles. The van der Waals surface area contributed by atoms with Gasteiger partial charge in [0.05, 0.1) is 10.7 Å². The number of rotatable bonds is 3. The third-order valence-corrected chi connectivity index (χ3v) is 3.48. The maximum absolute atomic E-state index is 13.0. The molecule has 0 amide bonds. The van der Waals surface area contributed by atoms with Crippen LogP contribution in [0.25, 0.3) is 5.65 Å². The third kappa shape index (κ3) is 2.89. The van der Waals surface area contributed by atoms with E-state index >= 15 is 0 Å². The molecule has 0 saturated heterocycles. The molecule has 3 aromatic heterocycles. The number of hydrogen-bond acceptors (Lipinski definition) is 4. The molecule has 0 radical (unpaired) electrons. The number of fused-ring (bicyclic) bond motifs is 1. The van der Waals surface area contributed by atoms with E-state index in [1.165, 1.54) is 10.7 Å². The fourth-order valence-corrected chi connectivity index (χ4v) is 2.25. The number of pyridine rings is 1. The highest BCUT2D eigenvalue weighted by atomic mass is 79.9. The normalized spacial score (nSPS) is 11.8. The summed E-state index contributed by atoms with van der Waals surface area (Å²) in [7, 11) is 0. The van der Waals surface area contributed by atoms with Gasteiger partial charge in [-0.15, -0.1) is 0 Å². The fourth-order valence-electron chi connectivity index (χ4n) is 1.90. The zero-order valence-corrected chi connectivity index (χ0v) is 12.6. The van der Waals surface area contributed by atoms with Gasteiger partial charge in [0.2, 0.25) is 0 Å². The molecule has 3 rings (SSSR count). The molecular formula is C13H9BrF3N5. The van der Waals surface area contributed by atoms with Crippen LogP contribution in [0.2, 0.25) is 0 Å². The molecule has 3 aromatic rings. The zero-order valence-electron chi connectivity index (χ0n) is 11.0. The van der Waals surface area contributed by atoms with Crippen LogP contribution >= 0.6 is 15.9 Å². The summed E-state index contributed by atoms with van der Waals surface area (Å²) in [4.78, 5) is 7.56. The van der Waals surface area contributed by atoms with E-state index in [4.69, 9.17) is 0 Å². The van der Waals surface area contributed by atoms with Crippen LogP contribution in [0.3, 0.4) is 0 Å². The van der Waals surface area contributed by atoms with Crippen LogP contribution in [-0.4, -0.2) is 19.6 Å². The fraction of sp³-hybridized carbons (Fsp3) is 0.154. The summed E-state index contributed by atoms with van der Waals surface area (Å²) >= 11 is 3.15. The van der Waals surface area contributed by atoms with E-state index in [-0.39, 0.29) is 11.5 Å². The zero-order chi connectivity index (χ0) is 15.7. The Morgan fingerprint density at radius 1 is 1.27 bits per heavy atom. The molecule has 0 unspecified atom stereocenters. The first-order valence-corrected chi connectivity index (χ1v) is 6.99. The van der Waals surface area contributed by atoms with E-state index in [2.05, 4.69) is 36.3 Å². The van der Waals surface area contributed by atoms with Crippen LogP contribution in [0.15, 0.2) is 41.3 Å². The van der Waals surface area contributed by atoms with Gasteiger partial charge in [0.15, 0.2) is 11.3 Å². The predicted octanol–water partition coefficient (Wildman–Crippen LogP) is 3.52. The standard InChI is InChI=1S/C13H9BrF3N5/c14-9-7-20-22-11(19-6-8-2-1-3-18-5-8)4-10(13(15,16)17)21-12(9)22/h1-5,7,19H,6H2. The lowest BCUT2D eigenvalue weighted by Gasteiger charge is -2.12. The topological polar surface area (TPSA) is 55.1 Å². The molecule has 5 nitrogen and oxygen atoms in total. The lowest BCUT2D eigenvalue weighted by molar-refractivity contribution is -0.141. The van der Waals surface area contributed by atoms with Gasteiger partial charge in [0.25, 0.3) is 0 Å². The van der Waals surface area contributed by atoms with E-state index in [0.717, 1.165) is 11.6 Å². The van der Waals surface area contributed by atoms with Crippen molar-refractivity contribution in [2.24, 2.45) is 0 Å². The predicted molar refractivity (Wildman–Crippen MR) is 77.3 cm³/mol. The van der Waals surface area contributed by atoms with E-state index in [0.29, 0.717) is 11.0 Å². The van der Waals surface area contributed by atoms with Crippen molar-refractivity contribution >= 4 is 27.4 Å². The molecule has 0 atom stereocenters. The van der Waals surface area contributed by atoms with Crippen molar-refractivity contribution < 1.29 is 13.2 Å². The Kier molecular flexibility index (Phi) is 3.73. The molecule has 22 heavy (non-hydrogen) atoms. The largest absolute Gasteiger partial charge is 0.433 e. The highest BCUT2D eigenvalue weighted by Gasteiger charge is 2.34. The van der Waals surface area contributed by atoms with Gasteiger partial charge in [0.1, 0.15) is 5.82 Å². The van der Waals surface area contributed by atoms with Gasteiger partial charge in [-0.2, -0.15) is 22.8 Å². The average molecular weight is 372 g/mol. The van der Waals surface area contributed by atoms with Crippen LogP contribution in [0.1, 0.15) is 11.3 Å². The first kappa shape index (κ1) is 14.8. The number of anilines is 1. The van der Waals surface area contributed by atoms with Crippen molar-refractivity contribution in [2.45, 2.75) is 12.7 Å². The Morgan fingerprint density at radius 2 is 2.09 bits per heavy atom. The second-order valence-electron chi connectivity index (χ2n) is 4.47. The number of alkyl halides is 3. The monoisotopic (exact) mass is 371 g/mol. The summed E-state index contributed by atoms with van der Waals surface area (Å²) < 4.78 is 40.6. The SMILES string of the molecule is FC(F)(F)c1cc(NCc2cccnc2)n2ncc(Br)c2n1. The Morgan fingerprint density at radius 3 is 2.77 bits per heavy atom. The van der Waals surface area contributed by atoms with Gasteiger partial charge in [-0.25, -0.2) is 4.98 Å². The summed E-state index contributed by atoms with van der Waals surface area (Å²) in [5, 5.41) is 6.94. The highest BCUT2D eigenvalue weighted by molar-refractivity contribution is 9.10. The number of hydrogen-bond donors (Lipinski definition) is 1. The average Bonchev–Trinajstić information content (AvgIpc) is 2.87. The van der Waals surface area contributed by atoms with Crippen molar-refractivity contribution in [3.8, 4) is 0 Å². The molecular weight excluding hydrogens is 363 g/mol. The van der Waals surface area contributed by atoms with Crippen molar-refractivity contribution in [3.05, 3.63) is 52.5 Å². The maximum atomic E-state index is 13.0. The lowest BCUT2D eigenvalue weighted by atomic mass is 10.3. The van der Waals surface area contributed by atoms with Gasteiger partial charge in [-0.05, 0) is 27.6 Å². The molecule has 0 aliphatic carbocycles. The molecule has 0 aromatic carbocycles. The summed E-state index contributed by atoms with van der Waals surface area (Å²) in [6, 6.07) is 4.51. The van der Waals surface area contributed by atoms with Gasteiger partial charge >= 0.3 is 6.18 Å². The van der Waals surface area contributed by atoms with E-state index in [1.807, 2.05) is 6.07 Å². The summed E-state index contributed by atoms with van der Waals surface area (Å²) in [6.07, 6.45) is 0.128. The van der Waals surface area contributed by atoms with Gasteiger partial charge in [-0.3, -0.25) is 4.98 Å². The van der Waals surface area contributed by atoms with Crippen LogP contribution < -0.4 is 5.32 Å². The maximum Gasteiger partial charge on any atom is 0.433 e. The molecule has 1 N–H and O–H groups in total. The van der Waals surface area contributed by atoms with E-state index in [9.17, 15) is 13.2 Å². The summed E-state index contributed by atoms with van der Waals surface area (Å²) in [5.74, 6) is 0.201. The smallest absolute Gasteiger partial charge is 0.366 e. The number of nitrogens with one attached hydrogen (secondary N) is 1. The third-order valence-electron chi connectivity index (χ3n) is 2.92. The quantitative estimate of drug-likeness (QED) is 0.765. The van der Waals surface area contributed by atoms with Crippen molar-refractivity contribution in [3.63, 3.8) is 0 Å². The van der Waals surface area contributed by atoms with Crippen molar-refractivity contribution in [1.29, 1.82) is 0 Å². The van der Waals surface area contributed by atoms with E-state index in [1.54, 1.807) is 18.5 Å². The van der Waals surface area contributed by atoms with Gasteiger partial charge < -0.3 is 5.32 Å². The number of halogens is 4. The Bertz CT molecular complexity index is 801. The molecule has 0 aliphatic rings. The summed E-state index contributed by atoms with van der Waals surface area (Å²) in [6.45, 7) is 0.321. The molecule has 9 heteroatoms. The van der Waals surface area contributed by atoms with Gasteiger partial charge in [0, 0.05) is 25.0 Å². The molecule has 0 aliphatic heterocycles. The molecule has 3 heterocycles. The Labute approximate surface area is 131 Å². The molecule has 0 spiro atoms. The van der Waals surface area contributed by atoms with Crippen LogP contribution in [0, 0.1) is 0 Å². The highest BCUT2D eigenvalue weighted by Crippen LogP contribution is 2.31. The lowest BCUT2D eigenvalue weighted by Crippen LogP contribution is -2.13. The first-order chi connectivity index (χ1) is 10.4. The minimum Gasteiger partial charge on any atom is -0.366 e. The molecule has 114 valence electrons. The van der Waals surface area contributed by atoms with Crippen LogP contribution in [-0.2, 0) is 12.7 Å². The van der Waals surface area contributed by atoms with Crippen molar-refractivity contribution in [1.82, 2.24) is 19.6 Å². The van der Waals surface area contributed by atoms with Gasteiger partial charge in [-0.1, -0.05) is 6.07 Å². The van der Waals surface area contributed by atoms with E-state index < -0.39 is 11.9 Å². The van der Waals surface area contributed by atoms with Crippen LogP contribution in [0.4, 0.5) is 19.0 Å².